The zero-order chi connectivity index (χ0) is 45.8. The van der Waals surface area contributed by atoms with E-state index in [1.54, 1.807) is 0 Å². The van der Waals surface area contributed by atoms with Crippen LogP contribution in [0.4, 0.5) is 0 Å². The fourth-order valence-corrected chi connectivity index (χ4v) is 7.02. The molecular weight excluding hydrogens is 781 g/mol. The third kappa shape index (κ3) is 49.5. The Hall–Kier alpha value is -3.41. The minimum absolute atomic E-state index is 0.103. The number of hydrogen-bond acceptors (Lipinski definition) is 6. The largest absolute Gasteiger partial charge is 0.462 e. The zero-order valence-electron chi connectivity index (χ0n) is 41.1. The van der Waals surface area contributed by atoms with Crippen LogP contribution in [-0.4, -0.2) is 37.2 Å². The molecular formula is C57H96O6. The number of carbonyl (C=O) groups is 3. The molecule has 0 amide bonds. The summed E-state index contributed by atoms with van der Waals surface area (Å²) in [6.45, 7) is 6.41. The summed E-state index contributed by atoms with van der Waals surface area (Å²) in [6, 6.07) is 0. The standard InChI is InChI=1S/C57H96O6/c1-4-7-10-13-16-19-22-25-27-28-30-32-35-38-41-44-47-50-56(59)62-53-54(52-61-55(58)49-46-43-40-37-34-31-24-21-18-15-12-9-6-3)63-57(60)51-48-45-42-39-36-33-29-26-23-20-17-14-11-8-5-2/h9,12,15-16,18-19,21,24-25,27,30,32,38,41,54H,4-8,10-11,13-14,17,20,22-23,26,28-29,31,33-37,39-40,42-53H2,1-3H3/b12-9+,18-15+,19-16+,24-21+,27-25+,32-30+,41-38+. The molecule has 0 radical (unpaired) electrons. The van der Waals surface area contributed by atoms with Gasteiger partial charge in [0.15, 0.2) is 6.10 Å². The minimum Gasteiger partial charge on any atom is -0.462 e. The summed E-state index contributed by atoms with van der Waals surface area (Å²) in [7, 11) is 0. The molecule has 0 aliphatic rings. The Morgan fingerprint density at radius 1 is 0.349 bits per heavy atom. The molecule has 0 aromatic heterocycles. The van der Waals surface area contributed by atoms with Gasteiger partial charge >= 0.3 is 17.9 Å². The van der Waals surface area contributed by atoms with Crippen molar-refractivity contribution in [1.29, 1.82) is 0 Å². The zero-order valence-corrected chi connectivity index (χ0v) is 41.1. The number of ether oxygens (including phenoxy) is 3. The summed E-state index contributed by atoms with van der Waals surface area (Å²) in [5.41, 5.74) is 0. The maximum Gasteiger partial charge on any atom is 0.306 e. The quantitative estimate of drug-likeness (QED) is 0.0199. The minimum atomic E-state index is -0.805. The van der Waals surface area contributed by atoms with Crippen molar-refractivity contribution in [3.05, 3.63) is 85.1 Å². The van der Waals surface area contributed by atoms with Crippen LogP contribution in [0.2, 0.25) is 0 Å². The first-order valence-electron chi connectivity index (χ1n) is 26.1. The average Bonchev–Trinajstić information content (AvgIpc) is 3.28. The molecule has 0 aromatic carbocycles. The van der Waals surface area contributed by atoms with Crippen molar-refractivity contribution >= 4 is 17.9 Å². The molecule has 0 fully saturated rings. The van der Waals surface area contributed by atoms with Crippen LogP contribution in [0.5, 0.6) is 0 Å². The van der Waals surface area contributed by atoms with E-state index in [-0.39, 0.29) is 37.5 Å². The number of hydrogen-bond donors (Lipinski definition) is 0. The molecule has 0 aromatic rings. The molecule has 0 heterocycles. The average molecular weight is 877 g/mol. The molecule has 0 aliphatic carbocycles. The summed E-state index contributed by atoms with van der Waals surface area (Å²) in [5, 5.41) is 0. The molecule has 360 valence electrons. The fraction of sp³-hybridized carbons (Fsp3) is 0.702. The highest BCUT2D eigenvalue weighted by atomic mass is 16.6. The number of esters is 3. The van der Waals surface area contributed by atoms with Crippen molar-refractivity contribution in [2.75, 3.05) is 13.2 Å². The van der Waals surface area contributed by atoms with Gasteiger partial charge in [-0.1, -0.05) is 228 Å². The molecule has 63 heavy (non-hydrogen) atoms. The van der Waals surface area contributed by atoms with Crippen LogP contribution in [-0.2, 0) is 28.6 Å². The summed E-state index contributed by atoms with van der Waals surface area (Å²) in [5.74, 6) is -0.978. The number of rotatable bonds is 46. The van der Waals surface area contributed by atoms with Crippen molar-refractivity contribution in [3.8, 4) is 0 Å². The van der Waals surface area contributed by atoms with Crippen molar-refractivity contribution in [1.82, 2.24) is 0 Å². The van der Waals surface area contributed by atoms with Crippen LogP contribution in [0.1, 0.15) is 239 Å². The SMILES string of the molecule is CC/C=C/C=C/C=C/CCCCCCCC(=O)OCC(COC(=O)CCC/C=C/C/C=C/C/C=C/C/C=C/CCCCC)OC(=O)CCCCCCCCCCCCCCCCC. The molecule has 0 saturated heterocycles. The van der Waals surface area contributed by atoms with Gasteiger partial charge < -0.3 is 14.2 Å². The van der Waals surface area contributed by atoms with Crippen molar-refractivity contribution < 1.29 is 28.6 Å². The second-order valence-corrected chi connectivity index (χ2v) is 17.1. The lowest BCUT2D eigenvalue weighted by molar-refractivity contribution is -0.167. The van der Waals surface area contributed by atoms with Gasteiger partial charge in [0.2, 0.25) is 0 Å². The molecule has 1 atom stereocenters. The van der Waals surface area contributed by atoms with Crippen LogP contribution in [0, 0.1) is 0 Å². The summed E-state index contributed by atoms with van der Waals surface area (Å²) in [4.78, 5) is 38.0. The van der Waals surface area contributed by atoms with Gasteiger partial charge in [0, 0.05) is 19.3 Å². The number of allylic oxidation sites excluding steroid dienone is 14. The Morgan fingerprint density at radius 2 is 0.698 bits per heavy atom. The van der Waals surface area contributed by atoms with Crippen molar-refractivity contribution in [3.63, 3.8) is 0 Å². The first-order valence-corrected chi connectivity index (χ1v) is 26.1. The topological polar surface area (TPSA) is 78.9 Å². The number of unbranched alkanes of at least 4 members (excludes halogenated alkanes) is 23. The van der Waals surface area contributed by atoms with E-state index in [0.29, 0.717) is 19.3 Å². The van der Waals surface area contributed by atoms with Crippen molar-refractivity contribution in [2.45, 2.75) is 245 Å². The van der Waals surface area contributed by atoms with E-state index in [9.17, 15) is 14.4 Å². The van der Waals surface area contributed by atoms with Gasteiger partial charge in [-0.2, -0.15) is 0 Å². The molecule has 0 bridgehead atoms. The maximum atomic E-state index is 12.8. The first kappa shape index (κ1) is 59.6. The van der Waals surface area contributed by atoms with Crippen LogP contribution in [0.25, 0.3) is 0 Å². The molecule has 6 nitrogen and oxygen atoms in total. The first-order chi connectivity index (χ1) is 31.0. The van der Waals surface area contributed by atoms with Crippen molar-refractivity contribution in [2.24, 2.45) is 0 Å². The third-order valence-electron chi connectivity index (χ3n) is 10.9. The van der Waals surface area contributed by atoms with E-state index in [4.69, 9.17) is 14.2 Å². The van der Waals surface area contributed by atoms with Crippen LogP contribution < -0.4 is 0 Å². The lowest BCUT2D eigenvalue weighted by Gasteiger charge is -2.18. The molecule has 1 unspecified atom stereocenters. The van der Waals surface area contributed by atoms with E-state index in [2.05, 4.69) is 106 Å². The second-order valence-electron chi connectivity index (χ2n) is 17.1. The van der Waals surface area contributed by atoms with Crippen LogP contribution in [0.3, 0.4) is 0 Å². The van der Waals surface area contributed by atoms with Gasteiger partial charge in [0.25, 0.3) is 0 Å². The highest BCUT2D eigenvalue weighted by Gasteiger charge is 2.19. The van der Waals surface area contributed by atoms with Gasteiger partial charge in [0.05, 0.1) is 0 Å². The lowest BCUT2D eigenvalue weighted by atomic mass is 10.0. The molecule has 0 rings (SSSR count). The molecule has 6 heteroatoms. The Labute approximate surface area is 388 Å². The van der Waals surface area contributed by atoms with E-state index in [0.717, 1.165) is 89.9 Å². The van der Waals surface area contributed by atoms with Gasteiger partial charge in [-0.3, -0.25) is 14.4 Å². The van der Waals surface area contributed by atoms with E-state index in [1.807, 2.05) is 0 Å². The van der Waals surface area contributed by atoms with E-state index < -0.39 is 6.10 Å². The predicted octanol–water partition coefficient (Wildman–Crippen LogP) is 17.2. The fourth-order valence-electron chi connectivity index (χ4n) is 7.02. The molecule has 0 spiro atoms. The third-order valence-corrected chi connectivity index (χ3v) is 10.9. The Morgan fingerprint density at radius 3 is 1.19 bits per heavy atom. The number of carbonyl (C=O) groups excluding carboxylic acids is 3. The van der Waals surface area contributed by atoms with Crippen LogP contribution in [0.15, 0.2) is 85.1 Å². The Bertz CT molecular complexity index is 1240. The smallest absolute Gasteiger partial charge is 0.306 e. The highest BCUT2D eigenvalue weighted by molar-refractivity contribution is 5.71. The Balaban J connectivity index is 4.49. The summed E-state index contributed by atoms with van der Waals surface area (Å²) in [6.07, 6.45) is 65.7. The second kappa shape index (κ2) is 51.2. The summed E-state index contributed by atoms with van der Waals surface area (Å²) >= 11 is 0. The van der Waals surface area contributed by atoms with Gasteiger partial charge in [-0.15, -0.1) is 0 Å². The summed E-state index contributed by atoms with van der Waals surface area (Å²) < 4.78 is 16.7. The van der Waals surface area contributed by atoms with Crippen LogP contribution >= 0.6 is 0 Å². The Kier molecular flexibility index (Phi) is 48.5. The maximum absolute atomic E-state index is 12.8. The lowest BCUT2D eigenvalue weighted by Crippen LogP contribution is -2.30. The normalized spacial score (nSPS) is 12.7. The van der Waals surface area contributed by atoms with E-state index in [1.165, 1.54) is 103 Å². The predicted molar refractivity (Wildman–Crippen MR) is 270 cm³/mol. The molecule has 0 saturated carbocycles. The van der Waals surface area contributed by atoms with E-state index >= 15 is 0 Å². The van der Waals surface area contributed by atoms with Gasteiger partial charge in [-0.05, 0) is 77.0 Å². The monoisotopic (exact) mass is 877 g/mol. The highest BCUT2D eigenvalue weighted by Crippen LogP contribution is 2.15. The van der Waals surface area contributed by atoms with Gasteiger partial charge in [0.1, 0.15) is 13.2 Å². The molecule has 0 aliphatic heterocycles. The van der Waals surface area contributed by atoms with Gasteiger partial charge in [-0.25, -0.2) is 0 Å². The molecule has 0 N–H and O–H groups in total.